The second-order valence-corrected chi connectivity index (χ2v) is 6.40. The van der Waals surface area contributed by atoms with Crippen LogP contribution in [0.2, 0.25) is 0 Å². The first-order valence-corrected chi connectivity index (χ1v) is 8.47. The van der Waals surface area contributed by atoms with Crippen LogP contribution in [0.4, 0.5) is 5.95 Å². The lowest BCUT2D eigenvalue weighted by atomic mass is 9.99. The van der Waals surface area contributed by atoms with E-state index in [1.165, 1.54) is 0 Å². The molecule has 2 heterocycles. The van der Waals surface area contributed by atoms with Crippen molar-refractivity contribution < 1.29 is 4.42 Å². The summed E-state index contributed by atoms with van der Waals surface area (Å²) in [4.78, 5) is 16.6. The third-order valence-corrected chi connectivity index (χ3v) is 4.68. The topological polar surface area (TPSA) is 74.0 Å². The highest BCUT2D eigenvalue weighted by molar-refractivity contribution is 5.81. The first-order valence-electron chi connectivity index (χ1n) is 8.47. The molecule has 0 saturated carbocycles. The van der Waals surface area contributed by atoms with E-state index >= 15 is 0 Å². The Morgan fingerprint density at radius 2 is 1.92 bits per heavy atom. The Hall–Kier alpha value is -3.34. The molecule has 0 spiro atoms. The van der Waals surface area contributed by atoms with Gasteiger partial charge in [-0.3, -0.25) is 0 Å². The molecule has 5 nitrogen and oxygen atoms in total. The van der Waals surface area contributed by atoms with E-state index in [0.717, 1.165) is 22.1 Å². The van der Waals surface area contributed by atoms with Crippen molar-refractivity contribution in [2.45, 2.75) is 19.9 Å². The first kappa shape index (κ1) is 16.1. The van der Waals surface area contributed by atoms with Crippen molar-refractivity contribution >= 4 is 16.9 Å². The van der Waals surface area contributed by atoms with Crippen LogP contribution in [0.25, 0.3) is 11.0 Å². The van der Waals surface area contributed by atoms with Crippen molar-refractivity contribution in [3.63, 3.8) is 0 Å². The minimum Gasteiger partial charge on any atom is -0.422 e. The third kappa shape index (κ3) is 2.99. The summed E-state index contributed by atoms with van der Waals surface area (Å²) in [5.74, 6) is 0.459. The fourth-order valence-corrected chi connectivity index (χ4v) is 3.21. The van der Waals surface area contributed by atoms with Crippen LogP contribution < -0.4 is 11.4 Å². The monoisotopic (exact) mass is 345 g/mol. The summed E-state index contributed by atoms with van der Waals surface area (Å²) in [7, 11) is 0. The van der Waals surface area contributed by atoms with Crippen LogP contribution in [0.5, 0.6) is 0 Å². The number of nitrogens with two attached hydrogens (primary N) is 1. The van der Waals surface area contributed by atoms with Crippen molar-refractivity contribution in [1.82, 2.24) is 9.55 Å². The van der Waals surface area contributed by atoms with Gasteiger partial charge in [-0.1, -0.05) is 42.5 Å². The van der Waals surface area contributed by atoms with E-state index in [1.807, 2.05) is 66.2 Å². The number of aromatic nitrogens is 2. The van der Waals surface area contributed by atoms with Crippen LogP contribution in [0.15, 0.2) is 70.1 Å². The molecule has 0 radical (unpaired) electrons. The van der Waals surface area contributed by atoms with E-state index in [-0.39, 0.29) is 5.63 Å². The van der Waals surface area contributed by atoms with Crippen LogP contribution in [0, 0.1) is 6.92 Å². The maximum Gasteiger partial charge on any atom is 0.340 e. The van der Waals surface area contributed by atoms with Crippen molar-refractivity contribution in [3.05, 3.63) is 93.6 Å². The summed E-state index contributed by atoms with van der Waals surface area (Å²) in [6.45, 7) is 2.56. The summed E-state index contributed by atoms with van der Waals surface area (Å²) < 4.78 is 7.47. The Bertz CT molecular complexity index is 1130. The zero-order valence-electron chi connectivity index (χ0n) is 14.5. The lowest BCUT2D eigenvalue weighted by molar-refractivity contribution is 0.550. The van der Waals surface area contributed by atoms with Gasteiger partial charge < -0.3 is 14.7 Å². The van der Waals surface area contributed by atoms with Crippen molar-refractivity contribution in [3.8, 4) is 0 Å². The predicted octanol–water partition coefficient (Wildman–Crippen LogP) is 3.52. The van der Waals surface area contributed by atoms with Crippen LogP contribution in [0.3, 0.4) is 0 Å². The predicted molar refractivity (Wildman–Crippen MR) is 102 cm³/mol. The Balaban J connectivity index is 1.73. The molecular formula is C21H19N3O2. The van der Waals surface area contributed by atoms with Crippen LogP contribution >= 0.6 is 0 Å². The minimum atomic E-state index is -0.279. The largest absolute Gasteiger partial charge is 0.422 e. The number of anilines is 1. The van der Waals surface area contributed by atoms with Gasteiger partial charge in [0.05, 0.1) is 6.54 Å². The van der Waals surface area contributed by atoms with Gasteiger partial charge in [-0.25, -0.2) is 9.78 Å². The van der Waals surface area contributed by atoms with Crippen molar-refractivity contribution in [1.29, 1.82) is 0 Å². The summed E-state index contributed by atoms with van der Waals surface area (Å²) >= 11 is 0. The Morgan fingerprint density at radius 1 is 1.12 bits per heavy atom. The molecule has 0 aliphatic heterocycles. The molecule has 0 aliphatic carbocycles. The van der Waals surface area contributed by atoms with Gasteiger partial charge in [0, 0.05) is 29.8 Å². The summed E-state index contributed by atoms with van der Waals surface area (Å²) in [5.41, 5.74) is 9.90. The number of hydrogen-bond donors (Lipinski definition) is 1. The van der Waals surface area contributed by atoms with E-state index in [2.05, 4.69) is 4.98 Å². The molecule has 5 heteroatoms. The minimum absolute atomic E-state index is 0.279. The standard InChI is InChI=1S/C21H19N3O2/c1-14-17-8-7-16(13-24-10-9-23-21(24)22)12-19(17)26-20(25)18(14)11-15-5-3-2-4-6-15/h2-10,12H,11,13H2,1H3,(H2,22,23). The Morgan fingerprint density at radius 3 is 2.65 bits per heavy atom. The van der Waals surface area contributed by atoms with Crippen molar-refractivity contribution in [2.24, 2.45) is 0 Å². The van der Waals surface area contributed by atoms with E-state index in [0.29, 0.717) is 30.1 Å². The number of hydrogen-bond acceptors (Lipinski definition) is 4. The molecule has 0 bridgehead atoms. The second-order valence-electron chi connectivity index (χ2n) is 6.40. The molecule has 0 unspecified atom stereocenters. The van der Waals surface area contributed by atoms with Gasteiger partial charge in [-0.15, -0.1) is 0 Å². The number of aryl methyl sites for hydroxylation is 1. The number of nitrogens with zero attached hydrogens (tertiary/aromatic N) is 2. The molecule has 2 aromatic heterocycles. The average molecular weight is 345 g/mol. The van der Waals surface area contributed by atoms with Gasteiger partial charge in [-0.05, 0) is 29.7 Å². The van der Waals surface area contributed by atoms with E-state index < -0.39 is 0 Å². The van der Waals surface area contributed by atoms with Crippen LogP contribution in [0.1, 0.15) is 22.3 Å². The molecule has 0 fully saturated rings. The van der Waals surface area contributed by atoms with Crippen LogP contribution in [-0.4, -0.2) is 9.55 Å². The lowest BCUT2D eigenvalue weighted by Gasteiger charge is -2.10. The highest BCUT2D eigenvalue weighted by atomic mass is 16.4. The van der Waals surface area contributed by atoms with E-state index in [9.17, 15) is 4.79 Å². The molecule has 2 N–H and O–H groups in total. The fraction of sp³-hybridized carbons (Fsp3) is 0.143. The summed E-state index contributed by atoms with van der Waals surface area (Å²) in [6, 6.07) is 15.9. The SMILES string of the molecule is Cc1c(Cc2ccccc2)c(=O)oc2cc(Cn3ccnc3N)ccc12. The second kappa shape index (κ2) is 6.52. The average Bonchev–Trinajstić information content (AvgIpc) is 3.04. The maximum atomic E-state index is 12.5. The summed E-state index contributed by atoms with van der Waals surface area (Å²) in [6.07, 6.45) is 4.05. The van der Waals surface area contributed by atoms with Crippen molar-refractivity contribution in [2.75, 3.05) is 5.73 Å². The third-order valence-electron chi connectivity index (χ3n) is 4.68. The normalized spacial score (nSPS) is 11.1. The fourth-order valence-electron chi connectivity index (χ4n) is 3.21. The molecule has 130 valence electrons. The number of nitrogen functional groups attached to an aromatic ring is 1. The van der Waals surface area contributed by atoms with Gasteiger partial charge in [0.1, 0.15) is 5.58 Å². The molecule has 0 atom stereocenters. The molecule has 0 aliphatic rings. The van der Waals surface area contributed by atoms with Crippen LogP contribution in [-0.2, 0) is 13.0 Å². The highest BCUT2D eigenvalue weighted by Gasteiger charge is 2.12. The van der Waals surface area contributed by atoms with E-state index in [1.54, 1.807) is 6.20 Å². The zero-order valence-corrected chi connectivity index (χ0v) is 14.5. The molecule has 26 heavy (non-hydrogen) atoms. The molecular weight excluding hydrogens is 326 g/mol. The van der Waals surface area contributed by atoms with Gasteiger partial charge in [0.15, 0.2) is 5.95 Å². The zero-order chi connectivity index (χ0) is 18.1. The lowest BCUT2D eigenvalue weighted by Crippen LogP contribution is -2.11. The quantitative estimate of drug-likeness (QED) is 0.574. The molecule has 4 rings (SSSR count). The summed E-state index contributed by atoms with van der Waals surface area (Å²) in [5, 5.41) is 0.956. The Kier molecular flexibility index (Phi) is 4.05. The number of benzene rings is 2. The first-order chi connectivity index (χ1) is 12.6. The smallest absolute Gasteiger partial charge is 0.340 e. The number of imidazole rings is 1. The van der Waals surface area contributed by atoms with Gasteiger partial charge in [-0.2, -0.15) is 0 Å². The molecule has 0 saturated heterocycles. The van der Waals surface area contributed by atoms with Gasteiger partial charge >= 0.3 is 5.63 Å². The van der Waals surface area contributed by atoms with E-state index in [4.69, 9.17) is 10.2 Å². The molecule has 0 amide bonds. The highest BCUT2D eigenvalue weighted by Crippen LogP contribution is 2.23. The number of rotatable bonds is 4. The molecule has 4 aromatic rings. The Labute approximate surface area is 150 Å². The maximum absolute atomic E-state index is 12.5. The van der Waals surface area contributed by atoms with Gasteiger partial charge in [0.25, 0.3) is 0 Å². The van der Waals surface area contributed by atoms with Gasteiger partial charge in [0.2, 0.25) is 0 Å². The molecule has 2 aromatic carbocycles. The number of fused-ring (bicyclic) bond motifs is 1.